The largest absolute Gasteiger partial charge is 0.478 e. The second kappa shape index (κ2) is 5.59. The summed E-state index contributed by atoms with van der Waals surface area (Å²) in [6.07, 6.45) is 5.65. The maximum atomic E-state index is 11.7. The molecule has 0 aromatic carbocycles. The molecule has 0 radical (unpaired) electrons. The molecule has 3 unspecified atom stereocenters. The highest BCUT2D eigenvalue weighted by atomic mass is 16.5. The Balaban J connectivity index is 2.15. The Morgan fingerprint density at radius 2 is 2.21 bits per heavy atom. The number of carbonyl (C=O) groups excluding carboxylic acids is 1. The molecule has 0 aromatic rings. The molecule has 3 atom stereocenters. The zero-order valence-corrected chi connectivity index (χ0v) is 11.2. The summed E-state index contributed by atoms with van der Waals surface area (Å²) in [4.78, 5) is 22.8. The highest BCUT2D eigenvalue weighted by Crippen LogP contribution is 2.33. The normalized spacial score (nSPS) is 34.1. The minimum Gasteiger partial charge on any atom is -0.478 e. The molecule has 1 heterocycles. The SMILES string of the molecule is C=C(C(=O)O)C1C/C=C(\C)CC2CC(CC1)C(=O)O2. The number of aliphatic carboxylic acids is 1. The third kappa shape index (κ3) is 3.25. The first-order valence-electron chi connectivity index (χ1n) is 6.75. The first-order valence-corrected chi connectivity index (χ1v) is 6.75. The number of carboxylic acid groups (broad SMARTS) is 1. The monoisotopic (exact) mass is 264 g/mol. The number of allylic oxidation sites excluding steroid dienone is 1. The Hall–Kier alpha value is -1.58. The Bertz CT molecular complexity index is 435. The van der Waals surface area contributed by atoms with Gasteiger partial charge in [0.15, 0.2) is 0 Å². The maximum Gasteiger partial charge on any atom is 0.331 e. The smallest absolute Gasteiger partial charge is 0.331 e. The van der Waals surface area contributed by atoms with Crippen molar-refractivity contribution < 1.29 is 19.4 Å². The number of hydrogen-bond acceptors (Lipinski definition) is 3. The average molecular weight is 264 g/mol. The maximum absolute atomic E-state index is 11.7. The molecule has 1 saturated heterocycles. The van der Waals surface area contributed by atoms with Crippen molar-refractivity contribution in [2.45, 2.75) is 45.1 Å². The van der Waals surface area contributed by atoms with Crippen molar-refractivity contribution in [3.05, 3.63) is 23.8 Å². The van der Waals surface area contributed by atoms with Gasteiger partial charge in [0.2, 0.25) is 0 Å². The van der Waals surface area contributed by atoms with Crippen LogP contribution in [0.2, 0.25) is 0 Å². The van der Waals surface area contributed by atoms with Gasteiger partial charge in [-0.3, -0.25) is 4.79 Å². The standard InChI is InChI=1S/C15H20O4/c1-9-3-4-11(10(2)14(16)17)5-6-12-8-13(7-9)19-15(12)18/h3,11-13H,2,4-8H2,1H3,(H,16,17)/b9-3+. The summed E-state index contributed by atoms with van der Waals surface area (Å²) in [5.41, 5.74) is 1.40. The number of ether oxygens (including phenoxy) is 1. The van der Waals surface area contributed by atoms with Crippen molar-refractivity contribution >= 4 is 11.9 Å². The summed E-state index contributed by atoms with van der Waals surface area (Å²) in [6.45, 7) is 5.67. The number of rotatable bonds is 2. The van der Waals surface area contributed by atoms with Gasteiger partial charge in [-0.25, -0.2) is 4.79 Å². The van der Waals surface area contributed by atoms with E-state index in [1.807, 2.05) is 6.92 Å². The average Bonchev–Trinajstić information content (AvgIpc) is 2.67. The Labute approximate surface area is 113 Å². The molecule has 0 aromatic heterocycles. The number of fused-ring (bicyclic) bond motifs is 2. The van der Waals surface area contributed by atoms with Gasteiger partial charge in [-0.15, -0.1) is 0 Å². The lowest BCUT2D eigenvalue weighted by atomic mass is 9.85. The van der Waals surface area contributed by atoms with Crippen LogP contribution in [-0.4, -0.2) is 23.1 Å². The van der Waals surface area contributed by atoms with E-state index in [9.17, 15) is 9.59 Å². The van der Waals surface area contributed by atoms with Crippen LogP contribution in [0.4, 0.5) is 0 Å². The molecule has 0 spiro atoms. The van der Waals surface area contributed by atoms with Gasteiger partial charge in [0.05, 0.1) is 5.92 Å². The van der Waals surface area contributed by atoms with Gasteiger partial charge in [0.25, 0.3) is 0 Å². The van der Waals surface area contributed by atoms with Crippen LogP contribution in [0, 0.1) is 11.8 Å². The van der Waals surface area contributed by atoms with E-state index in [4.69, 9.17) is 9.84 Å². The van der Waals surface area contributed by atoms with Gasteiger partial charge in [-0.2, -0.15) is 0 Å². The summed E-state index contributed by atoms with van der Waals surface area (Å²) in [5, 5.41) is 9.06. The van der Waals surface area contributed by atoms with Gasteiger partial charge >= 0.3 is 11.9 Å². The van der Waals surface area contributed by atoms with Crippen molar-refractivity contribution in [2.24, 2.45) is 11.8 Å². The van der Waals surface area contributed by atoms with Crippen LogP contribution in [-0.2, 0) is 14.3 Å². The molecule has 2 rings (SSSR count). The number of esters is 1. The number of hydrogen-bond donors (Lipinski definition) is 1. The Kier molecular flexibility index (Phi) is 4.08. The fourth-order valence-corrected chi connectivity index (χ4v) is 2.88. The summed E-state index contributed by atoms with van der Waals surface area (Å²) >= 11 is 0. The zero-order valence-electron chi connectivity index (χ0n) is 11.2. The summed E-state index contributed by atoms with van der Waals surface area (Å²) in [6, 6.07) is 0. The molecule has 0 amide bonds. The minimum atomic E-state index is -0.944. The molecule has 1 N–H and O–H groups in total. The molecule has 2 bridgehead atoms. The van der Waals surface area contributed by atoms with E-state index in [2.05, 4.69) is 12.7 Å². The van der Waals surface area contributed by atoms with E-state index >= 15 is 0 Å². The summed E-state index contributed by atoms with van der Waals surface area (Å²) in [5.74, 6) is -1.23. The Morgan fingerprint density at radius 1 is 1.47 bits per heavy atom. The molecule has 1 aliphatic carbocycles. The molecule has 4 nitrogen and oxygen atoms in total. The van der Waals surface area contributed by atoms with E-state index < -0.39 is 5.97 Å². The fourth-order valence-electron chi connectivity index (χ4n) is 2.88. The molecule has 1 aliphatic heterocycles. The molecule has 1 fully saturated rings. The Morgan fingerprint density at radius 3 is 2.89 bits per heavy atom. The lowest BCUT2D eigenvalue weighted by molar-refractivity contribution is -0.144. The van der Waals surface area contributed by atoms with Crippen LogP contribution in [0.15, 0.2) is 23.8 Å². The van der Waals surface area contributed by atoms with E-state index in [-0.39, 0.29) is 29.5 Å². The highest BCUT2D eigenvalue weighted by Gasteiger charge is 2.35. The van der Waals surface area contributed by atoms with Gasteiger partial charge in [-0.1, -0.05) is 18.2 Å². The number of carboxylic acids is 1. The van der Waals surface area contributed by atoms with E-state index in [1.165, 1.54) is 0 Å². The van der Waals surface area contributed by atoms with Crippen LogP contribution < -0.4 is 0 Å². The third-order valence-electron chi connectivity index (χ3n) is 4.10. The fraction of sp³-hybridized carbons (Fsp3) is 0.600. The molecule has 4 heteroatoms. The van der Waals surface area contributed by atoms with E-state index in [1.54, 1.807) is 0 Å². The second-order valence-corrected chi connectivity index (χ2v) is 5.59. The summed E-state index contributed by atoms with van der Waals surface area (Å²) < 4.78 is 5.35. The summed E-state index contributed by atoms with van der Waals surface area (Å²) in [7, 11) is 0. The van der Waals surface area contributed by atoms with Crippen molar-refractivity contribution in [1.29, 1.82) is 0 Å². The quantitative estimate of drug-likeness (QED) is 0.473. The van der Waals surface area contributed by atoms with E-state index in [0.29, 0.717) is 19.3 Å². The second-order valence-electron chi connectivity index (χ2n) is 5.59. The molecule has 19 heavy (non-hydrogen) atoms. The van der Waals surface area contributed by atoms with E-state index in [0.717, 1.165) is 18.4 Å². The molecular weight excluding hydrogens is 244 g/mol. The predicted molar refractivity (Wildman–Crippen MR) is 70.5 cm³/mol. The molecule has 0 saturated carbocycles. The lowest BCUT2D eigenvalue weighted by Crippen LogP contribution is -2.15. The lowest BCUT2D eigenvalue weighted by Gasteiger charge is -2.18. The van der Waals surface area contributed by atoms with Crippen LogP contribution >= 0.6 is 0 Å². The predicted octanol–water partition coefficient (Wildman–Crippen LogP) is 2.70. The number of carbonyl (C=O) groups is 2. The van der Waals surface area contributed by atoms with Crippen LogP contribution in [0.5, 0.6) is 0 Å². The van der Waals surface area contributed by atoms with Gasteiger partial charge in [-0.05, 0) is 38.5 Å². The third-order valence-corrected chi connectivity index (χ3v) is 4.10. The molecule has 104 valence electrons. The van der Waals surface area contributed by atoms with Crippen molar-refractivity contribution in [2.75, 3.05) is 0 Å². The van der Waals surface area contributed by atoms with Gasteiger partial charge in [0, 0.05) is 12.0 Å². The van der Waals surface area contributed by atoms with Crippen molar-refractivity contribution in [1.82, 2.24) is 0 Å². The van der Waals surface area contributed by atoms with Crippen molar-refractivity contribution in [3.63, 3.8) is 0 Å². The molecule has 2 aliphatic rings. The molecular formula is C15H20O4. The first kappa shape index (κ1) is 13.8. The van der Waals surface area contributed by atoms with Crippen LogP contribution in [0.1, 0.15) is 39.0 Å². The van der Waals surface area contributed by atoms with Gasteiger partial charge in [0.1, 0.15) is 6.10 Å². The van der Waals surface area contributed by atoms with Crippen LogP contribution in [0.3, 0.4) is 0 Å². The zero-order chi connectivity index (χ0) is 14.0. The van der Waals surface area contributed by atoms with Gasteiger partial charge < -0.3 is 9.84 Å². The first-order chi connectivity index (χ1) is 8.97. The van der Waals surface area contributed by atoms with Crippen molar-refractivity contribution in [3.8, 4) is 0 Å². The topological polar surface area (TPSA) is 63.6 Å². The highest BCUT2D eigenvalue weighted by molar-refractivity contribution is 5.86. The minimum absolute atomic E-state index is 0.00738. The van der Waals surface area contributed by atoms with Crippen LogP contribution in [0.25, 0.3) is 0 Å².